The van der Waals surface area contributed by atoms with Crippen molar-refractivity contribution in [3.05, 3.63) is 77.9 Å². The summed E-state index contributed by atoms with van der Waals surface area (Å²) in [5.41, 5.74) is 3.97. The molecule has 118 valence electrons. The van der Waals surface area contributed by atoms with E-state index in [0.717, 1.165) is 22.3 Å². The molecule has 2 aliphatic heterocycles. The third kappa shape index (κ3) is 2.04. The molecule has 1 unspecified atom stereocenters. The lowest BCUT2D eigenvalue weighted by Gasteiger charge is -2.17. The van der Waals surface area contributed by atoms with Crippen LogP contribution < -0.4 is 13.6 Å². The van der Waals surface area contributed by atoms with Gasteiger partial charge in [-0.15, -0.1) is 0 Å². The Morgan fingerprint density at radius 3 is 2.08 bits per heavy atom. The van der Waals surface area contributed by atoms with E-state index in [0.29, 0.717) is 23.7 Å². The number of hydrogen-bond acceptors (Lipinski definition) is 4. The van der Waals surface area contributed by atoms with Crippen LogP contribution in [0.1, 0.15) is 11.1 Å². The number of benzene rings is 3. The van der Waals surface area contributed by atoms with Gasteiger partial charge in [0, 0.05) is 17.5 Å². The largest absolute Gasteiger partial charge is 0.647 e. The van der Waals surface area contributed by atoms with Gasteiger partial charge in [-0.1, -0.05) is 60.7 Å². The van der Waals surface area contributed by atoms with Gasteiger partial charge < -0.3 is 13.6 Å². The summed E-state index contributed by atoms with van der Waals surface area (Å²) < 4.78 is 28.8. The molecule has 0 radical (unpaired) electrons. The van der Waals surface area contributed by atoms with E-state index in [2.05, 4.69) is 12.1 Å². The van der Waals surface area contributed by atoms with Crippen LogP contribution >= 0.6 is 7.82 Å². The molecule has 0 N–H and O–H groups in total. The van der Waals surface area contributed by atoms with Gasteiger partial charge in [-0.3, -0.25) is 0 Å². The molecule has 0 fully saturated rings. The summed E-state index contributed by atoms with van der Waals surface area (Å²) in [6, 6.07) is 22.0. The number of fused-ring (bicyclic) bond motifs is 1. The van der Waals surface area contributed by atoms with Gasteiger partial charge in [-0.2, -0.15) is 4.57 Å². The van der Waals surface area contributed by atoms with Gasteiger partial charge in [0.15, 0.2) is 11.5 Å². The number of phosphoric acid groups is 1. The first kappa shape index (κ1) is 13.7. The maximum Gasteiger partial charge on any atom is 0.647 e. The predicted molar refractivity (Wildman–Crippen MR) is 90.6 cm³/mol. The average molecular weight is 336 g/mol. The Morgan fingerprint density at radius 1 is 0.750 bits per heavy atom. The van der Waals surface area contributed by atoms with E-state index in [1.54, 1.807) is 0 Å². The predicted octanol–water partition coefficient (Wildman–Crippen LogP) is 5.22. The van der Waals surface area contributed by atoms with Crippen molar-refractivity contribution in [2.75, 3.05) is 0 Å². The third-order valence-electron chi connectivity index (χ3n) is 4.20. The SMILES string of the molecule is O=P12Oc3c(Cc4ccccc4)cc(-c4ccccc4)c(c3O1)O2. The molecule has 0 saturated carbocycles. The van der Waals surface area contributed by atoms with Crippen molar-refractivity contribution in [3.8, 4) is 28.4 Å². The first-order chi connectivity index (χ1) is 11.7. The smallest absolute Gasteiger partial charge is 0.381 e. The normalized spacial score (nSPS) is 19.5. The second-order valence-electron chi connectivity index (χ2n) is 5.82. The highest BCUT2D eigenvalue weighted by atomic mass is 31.2. The summed E-state index contributed by atoms with van der Waals surface area (Å²) in [4.78, 5) is 0. The fraction of sp³-hybridized carbons (Fsp3) is 0.0526. The van der Waals surface area contributed by atoms with Crippen LogP contribution in [0.3, 0.4) is 0 Å². The van der Waals surface area contributed by atoms with E-state index in [1.807, 2.05) is 54.6 Å². The zero-order chi connectivity index (χ0) is 16.1. The van der Waals surface area contributed by atoms with Crippen molar-refractivity contribution in [1.29, 1.82) is 0 Å². The minimum atomic E-state index is -3.53. The van der Waals surface area contributed by atoms with Crippen molar-refractivity contribution >= 4 is 7.82 Å². The van der Waals surface area contributed by atoms with E-state index in [1.165, 1.54) is 0 Å². The quantitative estimate of drug-likeness (QED) is 0.616. The molecule has 2 aliphatic rings. The lowest BCUT2D eigenvalue weighted by atomic mass is 9.96. The zero-order valence-corrected chi connectivity index (χ0v) is 13.5. The Balaban J connectivity index is 1.69. The molecule has 5 rings (SSSR count). The molecule has 1 atom stereocenters. The summed E-state index contributed by atoms with van der Waals surface area (Å²) in [5.74, 6) is 1.52. The van der Waals surface area contributed by atoms with E-state index in [4.69, 9.17) is 13.6 Å². The molecule has 4 nitrogen and oxygen atoms in total. The van der Waals surface area contributed by atoms with Gasteiger partial charge in [0.25, 0.3) is 0 Å². The molecule has 0 aliphatic carbocycles. The molecule has 0 aromatic heterocycles. The Hall–Kier alpha value is -2.71. The van der Waals surface area contributed by atoms with E-state index in [9.17, 15) is 4.57 Å². The van der Waals surface area contributed by atoms with E-state index in [-0.39, 0.29) is 0 Å². The van der Waals surface area contributed by atoms with Crippen LogP contribution in [0, 0.1) is 0 Å². The standard InChI is InChI=1S/C19H13O4P/c20-24-21-17-15(11-13-7-3-1-4-8-13)12-16(14-9-5-2-6-10-14)18(22-24)19(17)23-24/h1-10,12H,11H2. The minimum absolute atomic E-state index is 0.464. The van der Waals surface area contributed by atoms with Crippen LogP contribution in [0.25, 0.3) is 11.1 Å². The Bertz CT molecular complexity index is 983. The van der Waals surface area contributed by atoms with Crippen molar-refractivity contribution in [2.45, 2.75) is 6.42 Å². The third-order valence-corrected chi connectivity index (χ3v) is 5.42. The second-order valence-corrected chi connectivity index (χ2v) is 7.26. The van der Waals surface area contributed by atoms with Crippen molar-refractivity contribution < 1.29 is 18.1 Å². The fourth-order valence-electron chi connectivity index (χ4n) is 3.12. The summed E-state index contributed by atoms with van der Waals surface area (Å²) >= 11 is 0. The summed E-state index contributed by atoms with van der Waals surface area (Å²) in [6.45, 7) is 0. The maximum atomic E-state index is 12.4. The highest BCUT2D eigenvalue weighted by Crippen LogP contribution is 2.71. The Labute approximate surface area is 139 Å². The second kappa shape index (κ2) is 4.89. The van der Waals surface area contributed by atoms with Gasteiger partial charge in [0.1, 0.15) is 0 Å². The van der Waals surface area contributed by atoms with E-state index < -0.39 is 7.82 Å². The minimum Gasteiger partial charge on any atom is -0.381 e. The molecular weight excluding hydrogens is 323 g/mol. The monoisotopic (exact) mass is 336 g/mol. The molecule has 3 aromatic carbocycles. The van der Waals surface area contributed by atoms with Crippen LogP contribution in [0.5, 0.6) is 17.2 Å². The molecular formula is C19H13O4P. The van der Waals surface area contributed by atoms with Gasteiger partial charge in [-0.25, -0.2) is 0 Å². The summed E-state index contributed by atoms with van der Waals surface area (Å²) in [6.07, 6.45) is 0.673. The molecule has 5 heteroatoms. The zero-order valence-electron chi connectivity index (χ0n) is 12.6. The fourth-order valence-corrected chi connectivity index (χ4v) is 4.45. The summed E-state index contributed by atoms with van der Waals surface area (Å²) in [7, 11) is -3.53. The maximum absolute atomic E-state index is 12.4. The van der Waals surface area contributed by atoms with Crippen LogP contribution in [-0.2, 0) is 11.0 Å². The number of rotatable bonds is 3. The van der Waals surface area contributed by atoms with Crippen LogP contribution in [-0.4, -0.2) is 0 Å². The summed E-state index contributed by atoms with van der Waals surface area (Å²) in [5, 5.41) is 0. The molecule has 3 aromatic rings. The van der Waals surface area contributed by atoms with Crippen molar-refractivity contribution in [1.82, 2.24) is 0 Å². The molecule has 0 saturated heterocycles. The average Bonchev–Trinajstić information content (AvgIpc) is 3.13. The highest BCUT2D eigenvalue weighted by molar-refractivity contribution is 7.50. The topological polar surface area (TPSA) is 44.8 Å². The van der Waals surface area contributed by atoms with Gasteiger partial charge in [0.2, 0.25) is 5.75 Å². The van der Waals surface area contributed by atoms with Gasteiger partial charge >= 0.3 is 7.82 Å². The lowest BCUT2D eigenvalue weighted by molar-refractivity contribution is 0.353. The Morgan fingerprint density at radius 2 is 1.38 bits per heavy atom. The molecule has 0 amide bonds. The molecule has 24 heavy (non-hydrogen) atoms. The van der Waals surface area contributed by atoms with Crippen LogP contribution in [0.4, 0.5) is 0 Å². The van der Waals surface area contributed by atoms with Gasteiger partial charge in [0.05, 0.1) is 0 Å². The first-order valence-corrected chi connectivity index (χ1v) is 9.16. The van der Waals surface area contributed by atoms with E-state index >= 15 is 0 Å². The van der Waals surface area contributed by atoms with Gasteiger partial charge in [-0.05, 0) is 17.2 Å². The van der Waals surface area contributed by atoms with Crippen LogP contribution in [0.15, 0.2) is 66.7 Å². The van der Waals surface area contributed by atoms with Crippen molar-refractivity contribution in [2.24, 2.45) is 0 Å². The lowest BCUT2D eigenvalue weighted by Crippen LogP contribution is -2.02. The molecule has 2 bridgehead atoms. The highest BCUT2D eigenvalue weighted by Gasteiger charge is 2.52. The Kier molecular flexibility index (Phi) is 2.79. The number of phosphoric ester groups is 1. The molecule has 2 heterocycles. The first-order valence-electron chi connectivity index (χ1n) is 7.70. The molecule has 0 spiro atoms. The number of hydrogen-bond donors (Lipinski definition) is 0. The van der Waals surface area contributed by atoms with Crippen molar-refractivity contribution in [3.63, 3.8) is 0 Å². The van der Waals surface area contributed by atoms with Crippen LogP contribution in [0.2, 0.25) is 0 Å².